The topological polar surface area (TPSA) is 81.6 Å². The lowest BCUT2D eigenvalue weighted by molar-refractivity contribution is -0.123. The molecule has 2 unspecified atom stereocenters. The van der Waals surface area contributed by atoms with Gasteiger partial charge in [0.2, 0.25) is 5.91 Å². The molecule has 1 saturated heterocycles. The number of methoxy groups -OCH3 is 1. The Hall–Kier alpha value is -1.59. The van der Waals surface area contributed by atoms with Crippen molar-refractivity contribution in [3.8, 4) is 5.75 Å². The van der Waals surface area contributed by atoms with Gasteiger partial charge in [-0.25, -0.2) is 0 Å². The Morgan fingerprint density at radius 3 is 2.89 bits per heavy atom. The summed E-state index contributed by atoms with van der Waals surface area (Å²) in [5.41, 5.74) is 12.5. The molecule has 4 N–H and O–H groups in total. The van der Waals surface area contributed by atoms with Crippen molar-refractivity contribution < 1.29 is 9.53 Å². The molecule has 1 fully saturated rings. The molecule has 1 amide bonds. The average Bonchev–Trinajstić information content (AvgIpc) is 2.87. The number of para-hydroxylation sites is 1. The summed E-state index contributed by atoms with van der Waals surface area (Å²) < 4.78 is 5.30. The summed E-state index contributed by atoms with van der Waals surface area (Å²) in [4.78, 5) is 13.3. The van der Waals surface area contributed by atoms with Gasteiger partial charge < -0.3 is 16.2 Å². The predicted octanol–water partition coefficient (Wildman–Crippen LogP) is 0.602. The Kier molecular flexibility index (Phi) is 3.84. The smallest absolute Gasteiger partial charge is 0.234 e. The fraction of sp³-hybridized carbons (Fsp3) is 0.462. The minimum absolute atomic E-state index is 0.273. The summed E-state index contributed by atoms with van der Waals surface area (Å²) in [5, 5.41) is 0. The monoisotopic (exact) mass is 249 g/mol. The van der Waals surface area contributed by atoms with Crippen LogP contribution >= 0.6 is 0 Å². The van der Waals surface area contributed by atoms with E-state index in [9.17, 15) is 4.79 Å². The number of carbonyl (C=O) groups is 1. The van der Waals surface area contributed by atoms with Crippen LogP contribution in [0.5, 0.6) is 5.75 Å². The lowest BCUT2D eigenvalue weighted by Gasteiger charge is -2.29. The lowest BCUT2D eigenvalue weighted by atomic mass is 10.1. The van der Waals surface area contributed by atoms with Gasteiger partial charge in [-0.3, -0.25) is 9.69 Å². The maximum absolute atomic E-state index is 11.4. The first-order valence-electron chi connectivity index (χ1n) is 6.08. The number of carbonyl (C=O) groups excluding carboxylic acids is 1. The molecule has 1 aliphatic heterocycles. The summed E-state index contributed by atoms with van der Waals surface area (Å²) in [7, 11) is 1.61. The highest BCUT2D eigenvalue weighted by atomic mass is 16.5. The molecular formula is C13H19N3O2. The van der Waals surface area contributed by atoms with Crippen molar-refractivity contribution in [1.29, 1.82) is 0 Å². The zero-order valence-corrected chi connectivity index (χ0v) is 10.5. The zero-order valence-electron chi connectivity index (χ0n) is 10.5. The number of ether oxygens (including phenoxy) is 1. The van der Waals surface area contributed by atoms with Gasteiger partial charge in [-0.15, -0.1) is 0 Å². The van der Waals surface area contributed by atoms with Crippen molar-refractivity contribution in [2.45, 2.75) is 25.0 Å². The number of likely N-dealkylation sites (tertiary alicyclic amines) is 1. The van der Waals surface area contributed by atoms with Crippen LogP contribution in [-0.2, 0) is 4.79 Å². The van der Waals surface area contributed by atoms with E-state index in [4.69, 9.17) is 16.2 Å². The van der Waals surface area contributed by atoms with Crippen molar-refractivity contribution in [1.82, 2.24) is 4.90 Å². The Balaban J connectivity index is 2.25. The van der Waals surface area contributed by atoms with Gasteiger partial charge >= 0.3 is 0 Å². The summed E-state index contributed by atoms with van der Waals surface area (Å²) in [5.74, 6) is 0.429. The Bertz CT molecular complexity index is 436. The van der Waals surface area contributed by atoms with Crippen LogP contribution in [0.25, 0.3) is 0 Å². The Labute approximate surface area is 107 Å². The van der Waals surface area contributed by atoms with E-state index in [-0.39, 0.29) is 18.1 Å². The molecule has 0 bridgehead atoms. The van der Waals surface area contributed by atoms with Crippen LogP contribution in [0, 0.1) is 0 Å². The molecule has 0 spiro atoms. The molecule has 0 saturated carbocycles. The number of hydrogen-bond acceptors (Lipinski definition) is 4. The van der Waals surface area contributed by atoms with Crippen LogP contribution in [0.3, 0.4) is 0 Å². The number of hydrogen-bond donors (Lipinski definition) is 2. The minimum Gasteiger partial charge on any atom is -0.496 e. The molecule has 2 atom stereocenters. The number of rotatable bonds is 4. The predicted molar refractivity (Wildman–Crippen MR) is 68.8 cm³/mol. The number of benzene rings is 1. The van der Waals surface area contributed by atoms with E-state index in [2.05, 4.69) is 0 Å². The number of primary amides is 1. The second-order valence-corrected chi connectivity index (χ2v) is 4.49. The second-order valence-electron chi connectivity index (χ2n) is 4.49. The standard InChI is InChI=1S/C13H19N3O2/c1-18-11-7-3-2-5-9(11)12(14)16-8-4-6-10(16)13(15)17/h2-3,5,7,10,12H,4,6,8,14H2,1H3,(H2,15,17). The van der Waals surface area contributed by atoms with E-state index >= 15 is 0 Å². The van der Waals surface area contributed by atoms with Gasteiger partial charge in [0.15, 0.2) is 0 Å². The first kappa shape index (κ1) is 12.9. The van der Waals surface area contributed by atoms with Gasteiger partial charge in [0.25, 0.3) is 0 Å². The quantitative estimate of drug-likeness (QED) is 0.818. The maximum atomic E-state index is 11.4. The first-order chi connectivity index (χ1) is 8.65. The Morgan fingerprint density at radius 1 is 1.50 bits per heavy atom. The van der Waals surface area contributed by atoms with E-state index in [1.54, 1.807) is 7.11 Å². The molecule has 0 aromatic heterocycles. The molecule has 98 valence electrons. The zero-order chi connectivity index (χ0) is 13.1. The maximum Gasteiger partial charge on any atom is 0.234 e. The fourth-order valence-corrected chi connectivity index (χ4v) is 2.52. The fourth-order valence-electron chi connectivity index (χ4n) is 2.52. The van der Waals surface area contributed by atoms with E-state index in [1.165, 1.54) is 0 Å². The van der Waals surface area contributed by atoms with E-state index in [1.807, 2.05) is 29.2 Å². The molecule has 5 heteroatoms. The van der Waals surface area contributed by atoms with Gasteiger partial charge in [-0.2, -0.15) is 0 Å². The van der Waals surface area contributed by atoms with Crippen molar-refractivity contribution >= 4 is 5.91 Å². The molecular weight excluding hydrogens is 230 g/mol. The van der Waals surface area contributed by atoms with Crippen molar-refractivity contribution in [3.63, 3.8) is 0 Å². The molecule has 1 aromatic carbocycles. The van der Waals surface area contributed by atoms with Gasteiger partial charge in [0.1, 0.15) is 5.75 Å². The van der Waals surface area contributed by atoms with Crippen LogP contribution in [0.2, 0.25) is 0 Å². The average molecular weight is 249 g/mol. The van der Waals surface area contributed by atoms with Gasteiger partial charge in [-0.05, 0) is 18.9 Å². The third kappa shape index (κ3) is 2.32. The number of nitrogens with zero attached hydrogens (tertiary/aromatic N) is 1. The van der Waals surface area contributed by atoms with Crippen LogP contribution in [0.15, 0.2) is 24.3 Å². The molecule has 2 rings (SSSR count). The molecule has 18 heavy (non-hydrogen) atoms. The van der Waals surface area contributed by atoms with Crippen LogP contribution in [-0.4, -0.2) is 30.5 Å². The summed E-state index contributed by atoms with van der Waals surface area (Å²) in [6.07, 6.45) is 1.36. The lowest BCUT2D eigenvalue weighted by Crippen LogP contribution is -2.45. The van der Waals surface area contributed by atoms with E-state index < -0.39 is 0 Å². The van der Waals surface area contributed by atoms with Gasteiger partial charge in [0.05, 0.1) is 19.3 Å². The van der Waals surface area contributed by atoms with Crippen molar-refractivity contribution in [2.24, 2.45) is 11.5 Å². The highest BCUT2D eigenvalue weighted by Gasteiger charge is 2.34. The highest BCUT2D eigenvalue weighted by Crippen LogP contribution is 2.30. The molecule has 0 aliphatic carbocycles. The van der Waals surface area contributed by atoms with Crippen molar-refractivity contribution in [3.05, 3.63) is 29.8 Å². The van der Waals surface area contributed by atoms with Crippen LogP contribution in [0.1, 0.15) is 24.6 Å². The molecule has 0 radical (unpaired) electrons. The minimum atomic E-state index is -0.360. The van der Waals surface area contributed by atoms with Gasteiger partial charge in [-0.1, -0.05) is 18.2 Å². The second kappa shape index (κ2) is 5.37. The number of amides is 1. The molecule has 1 aromatic rings. The summed E-state index contributed by atoms with van der Waals surface area (Å²) >= 11 is 0. The molecule has 5 nitrogen and oxygen atoms in total. The molecule has 1 aliphatic rings. The largest absolute Gasteiger partial charge is 0.496 e. The number of nitrogens with two attached hydrogens (primary N) is 2. The Morgan fingerprint density at radius 2 is 2.22 bits per heavy atom. The third-order valence-corrected chi connectivity index (χ3v) is 3.44. The SMILES string of the molecule is COc1ccccc1C(N)N1CCCC1C(N)=O. The molecule has 1 heterocycles. The van der Waals surface area contributed by atoms with Crippen LogP contribution < -0.4 is 16.2 Å². The highest BCUT2D eigenvalue weighted by molar-refractivity contribution is 5.80. The van der Waals surface area contributed by atoms with Gasteiger partial charge in [0, 0.05) is 12.1 Å². The van der Waals surface area contributed by atoms with E-state index in [0.29, 0.717) is 0 Å². The third-order valence-electron chi connectivity index (χ3n) is 3.44. The van der Waals surface area contributed by atoms with E-state index in [0.717, 1.165) is 30.7 Å². The summed E-state index contributed by atoms with van der Waals surface area (Å²) in [6, 6.07) is 7.31. The first-order valence-corrected chi connectivity index (χ1v) is 6.08. The van der Waals surface area contributed by atoms with Crippen LogP contribution in [0.4, 0.5) is 0 Å². The normalized spacial score (nSPS) is 21.8. The van der Waals surface area contributed by atoms with Crippen molar-refractivity contribution in [2.75, 3.05) is 13.7 Å². The summed E-state index contributed by atoms with van der Waals surface area (Å²) in [6.45, 7) is 0.785.